The first-order chi connectivity index (χ1) is 10.6. The third-order valence-corrected chi connectivity index (χ3v) is 3.65. The van der Waals surface area contributed by atoms with Crippen molar-refractivity contribution in [2.45, 2.75) is 39.4 Å². The van der Waals surface area contributed by atoms with Gasteiger partial charge in [-0.25, -0.2) is 0 Å². The molecule has 1 amide bonds. The van der Waals surface area contributed by atoms with E-state index in [0.29, 0.717) is 6.54 Å². The first kappa shape index (κ1) is 16.2. The minimum atomic E-state index is -0.0404. The molecule has 0 aliphatic heterocycles. The van der Waals surface area contributed by atoms with Crippen LogP contribution in [0.3, 0.4) is 0 Å². The van der Waals surface area contributed by atoms with E-state index in [4.69, 9.17) is 0 Å². The molecule has 2 rings (SSSR count). The Labute approximate surface area is 130 Å². The van der Waals surface area contributed by atoms with E-state index >= 15 is 0 Å². The van der Waals surface area contributed by atoms with E-state index in [2.05, 4.69) is 27.6 Å². The second kappa shape index (κ2) is 7.70. The van der Waals surface area contributed by atoms with Gasteiger partial charge >= 0.3 is 0 Å². The zero-order chi connectivity index (χ0) is 15.9. The fourth-order valence-electron chi connectivity index (χ4n) is 2.06. The average Bonchev–Trinajstić information content (AvgIpc) is 2.97. The van der Waals surface area contributed by atoms with Crippen LogP contribution in [-0.4, -0.2) is 33.3 Å². The van der Waals surface area contributed by atoms with Crippen LogP contribution in [0.2, 0.25) is 0 Å². The number of hydrogen-bond acceptors (Lipinski definition) is 4. The number of pyridine rings is 1. The number of nitrogens with zero attached hydrogens (tertiary/aromatic N) is 3. The molecule has 0 saturated heterocycles. The molecular weight excluding hydrogens is 278 g/mol. The lowest BCUT2D eigenvalue weighted by Gasteiger charge is -2.21. The van der Waals surface area contributed by atoms with Gasteiger partial charge in [-0.2, -0.15) is 5.10 Å². The van der Waals surface area contributed by atoms with Crippen LogP contribution >= 0.6 is 0 Å². The molecule has 6 heteroatoms. The number of amides is 1. The molecule has 0 aromatic carbocycles. The zero-order valence-electron chi connectivity index (χ0n) is 13.3. The minimum absolute atomic E-state index is 0.0404. The fourth-order valence-corrected chi connectivity index (χ4v) is 2.06. The first-order valence-electron chi connectivity index (χ1n) is 7.47. The summed E-state index contributed by atoms with van der Waals surface area (Å²) in [6.45, 7) is 6.87. The summed E-state index contributed by atoms with van der Waals surface area (Å²) < 4.78 is 1.92. The lowest BCUT2D eigenvalue weighted by molar-refractivity contribution is -0.120. The van der Waals surface area contributed by atoms with Crippen molar-refractivity contribution in [3.63, 3.8) is 0 Å². The van der Waals surface area contributed by atoms with Gasteiger partial charge in [0.2, 0.25) is 5.91 Å². The van der Waals surface area contributed by atoms with E-state index in [9.17, 15) is 4.79 Å². The Balaban J connectivity index is 1.73. The summed E-state index contributed by atoms with van der Waals surface area (Å²) >= 11 is 0. The van der Waals surface area contributed by atoms with Crippen molar-refractivity contribution < 1.29 is 4.79 Å². The van der Waals surface area contributed by atoms with E-state index in [1.807, 2.05) is 49.1 Å². The summed E-state index contributed by atoms with van der Waals surface area (Å²) in [5.74, 6) is -0.0404. The molecular formula is C16H23N5O. The maximum atomic E-state index is 11.9. The van der Waals surface area contributed by atoms with Gasteiger partial charge in [0, 0.05) is 18.4 Å². The highest BCUT2D eigenvalue weighted by molar-refractivity contribution is 5.77. The first-order valence-corrected chi connectivity index (χ1v) is 7.47. The molecule has 2 N–H and O–H groups in total. The van der Waals surface area contributed by atoms with Crippen LogP contribution in [0.5, 0.6) is 0 Å². The Kier molecular flexibility index (Phi) is 5.66. The van der Waals surface area contributed by atoms with Crippen LogP contribution < -0.4 is 10.6 Å². The molecule has 0 bridgehead atoms. The molecule has 118 valence electrons. The van der Waals surface area contributed by atoms with Gasteiger partial charge < -0.3 is 10.6 Å². The molecule has 0 aliphatic rings. The van der Waals surface area contributed by atoms with Crippen LogP contribution in [-0.2, 0) is 11.3 Å². The Morgan fingerprint density at radius 3 is 2.82 bits per heavy atom. The number of hydrogen-bond donors (Lipinski definition) is 2. The molecule has 0 unspecified atom stereocenters. The number of aryl methyl sites for hydroxylation is 1. The normalized spacial score (nSPS) is 13.6. The predicted octanol–water partition coefficient (Wildman–Crippen LogP) is 1.44. The Morgan fingerprint density at radius 2 is 2.18 bits per heavy atom. The summed E-state index contributed by atoms with van der Waals surface area (Å²) in [5.41, 5.74) is 1.98. The molecule has 2 atom stereocenters. The molecule has 2 aromatic rings. The third-order valence-electron chi connectivity index (χ3n) is 3.65. The van der Waals surface area contributed by atoms with Crippen LogP contribution in [0, 0.1) is 6.92 Å². The van der Waals surface area contributed by atoms with Gasteiger partial charge in [-0.15, -0.1) is 0 Å². The summed E-state index contributed by atoms with van der Waals surface area (Å²) in [6, 6.07) is 5.96. The highest BCUT2D eigenvalue weighted by Crippen LogP contribution is 2.10. The fraction of sp³-hybridized carbons (Fsp3) is 0.438. The van der Waals surface area contributed by atoms with Crippen molar-refractivity contribution in [3.8, 4) is 0 Å². The highest BCUT2D eigenvalue weighted by atomic mass is 16.1. The van der Waals surface area contributed by atoms with E-state index in [1.54, 1.807) is 6.20 Å². The van der Waals surface area contributed by atoms with Crippen LogP contribution in [0.15, 0.2) is 36.8 Å². The van der Waals surface area contributed by atoms with Gasteiger partial charge in [-0.3, -0.25) is 14.5 Å². The molecule has 6 nitrogen and oxygen atoms in total. The molecule has 2 heterocycles. The molecule has 0 aliphatic carbocycles. The molecule has 2 aromatic heterocycles. The number of aromatic nitrogens is 3. The largest absolute Gasteiger partial charge is 0.349 e. The van der Waals surface area contributed by atoms with Gasteiger partial charge in [0.25, 0.3) is 0 Å². The maximum Gasteiger partial charge on any atom is 0.234 e. The molecule has 0 fully saturated rings. The van der Waals surface area contributed by atoms with Crippen LogP contribution in [0.25, 0.3) is 0 Å². The van der Waals surface area contributed by atoms with Crippen molar-refractivity contribution in [3.05, 3.63) is 48.0 Å². The van der Waals surface area contributed by atoms with Crippen molar-refractivity contribution in [2.24, 2.45) is 0 Å². The Hall–Kier alpha value is -2.21. The smallest absolute Gasteiger partial charge is 0.234 e. The quantitative estimate of drug-likeness (QED) is 0.812. The highest BCUT2D eigenvalue weighted by Gasteiger charge is 2.15. The number of rotatable bonds is 7. The van der Waals surface area contributed by atoms with E-state index in [-0.39, 0.29) is 24.5 Å². The third kappa shape index (κ3) is 4.66. The minimum Gasteiger partial charge on any atom is -0.349 e. The predicted molar refractivity (Wildman–Crippen MR) is 85.2 cm³/mol. The molecule has 22 heavy (non-hydrogen) atoms. The number of carbonyl (C=O) groups excluding carboxylic acids is 1. The van der Waals surface area contributed by atoms with Crippen molar-refractivity contribution in [1.82, 2.24) is 25.4 Å². The lowest BCUT2D eigenvalue weighted by atomic mass is 10.2. The van der Waals surface area contributed by atoms with Crippen LogP contribution in [0.1, 0.15) is 31.1 Å². The van der Waals surface area contributed by atoms with Gasteiger partial charge in [0.05, 0.1) is 31.0 Å². The second-order valence-corrected chi connectivity index (χ2v) is 5.51. The van der Waals surface area contributed by atoms with Gasteiger partial charge in [0.15, 0.2) is 0 Å². The standard InChI is InChI=1S/C16H23N5O/c1-12-8-20-21(11-12)14(3)13(2)18-10-16(22)19-9-15-6-4-5-7-17-15/h4-8,11,13-14,18H,9-10H2,1-3H3,(H,19,22)/t13-,14+/m0/s1. The monoisotopic (exact) mass is 301 g/mol. The van der Waals surface area contributed by atoms with Gasteiger partial charge in [-0.1, -0.05) is 6.07 Å². The number of carbonyl (C=O) groups is 1. The summed E-state index contributed by atoms with van der Waals surface area (Å²) in [6.07, 6.45) is 5.56. The second-order valence-electron chi connectivity index (χ2n) is 5.51. The SMILES string of the molecule is Cc1cnn([C@H](C)[C@H](C)NCC(=O)NCc2ccccn2)c1. The summed E-state index contributed by atoms with van der Waals surface area (Å²) in [4.78, 5) is 16.0. The average molecular weight is 301 g/mol. The van der Waals surface area contributed by atoms with Gasteiger partial charge in [0.1, 0.15) is 0 Å². The van der Waals surface area contributed by atoms with E-state index in [1.165, 1.54) is 0 Å². The lowest BCUT2D eigenvalue weighted by Crippen LogP contribution is -2.41. The van der Waals surface area contributed by atoms with Crippen molar-refractivity contribution in [1.29, 1.82) is 0 Å². The zero-order valence-corrected chi connectivity index (χ0v) is 13.3. The van der Waals surface area contributed by atoms with Crippen molar-refractivity contribution in [2.75, 3.05) is 6.54 Å². The topological polar surface area (TPSA) is 71.8 Å². The van der Waals surface area contributed by atoms with Gasteiger partial charge in [-0.05, 0) is 38.5 Å². The molecule has 0 saturated carbocycles. The maximum absolute atomic E-state index is 11.9. The van der Waals surface area contributed by atoms with Crippen LogP contribution in [0.4, 0.5) is 0 Å². The molecule has 0 spiro atoms. The summed E-state index contributed by atoms with van der Waals surface area (Å²) in [5, 5.41) is 10.4. The van der Waals surface area contributed by atoms with E-state index in [0.717, 1.165) is 11.3 Å². The van der Waals surface area contributed by atoms with E-state index < -0.39 is 0 Å². The van der Waals surface area contributed by atoms with Crippen molar-refractivity contribution >= 4 is 5.91 Å². The Morgan fingerprint density at radius 1 is 1.36 bits per heavy atom. The Bertz CT molecular complexity index is 596. The molecule has 0 radical (unpaired) electrons. The summed E-state index contributed by atoms with van der Waals surface area (Å²) in [7, 11) is 0. The number of nitrogens with one attached hydrogen (secondary N) is 2.